The van der Waals surface area contributed by atoms with Gasteiger partial charge in [-0.1, -0.05) is 11.6 Å². The summed E-state index contributed by atoms with van der Waals surface area (Å²) >= 11 is 11.2. The van der Waals surface area contributed by atoms with Crippen molar-refractivity contribution in [2.75, 3.05) is 0 Å². The second-order valence-corrected chi connectivity index (χ2v) is 4.73. The van der Waals surface area contributed by atoms with Crippen LogP contribution in [0.1, 0.15) is 36.6 Å². The van der Waals surface area contributed by atoms with Gasteiger partial charge in [-0.15, -0.1) is 0 Å². The fraction of sp³-hybridized carbons (Fsp3) is 0.500. The number of halogens is 5. The van der Waals surface area contributed by atoms with Crippen LogP contribution >= 0.6 is 23.2 Å². The van der Waals surface area contributed by atoms with Crippen LogP contribution in [0.25, 0.3) is 0 Å². The molecule has 1 aliphatic rings. The van der Waals surface area contributed by atoms with Gasteiger partial charge in [0.15, 0.2) is 5.69 Å². The van der Waals surface area contributed by atoms with E-state index < -0.39 is 28.1 Å². The van der Waals surface area contributed by atoms with E-state index in [9.17, 15) is 18.0 Å². The number of alkyl halides is 3. The van der Waals surface area contributed by atoms with Crippen molar-refractivity contribution >= 4 is 29.0 Å². The predicted octanol–water partition coefficient (Wildman–Crippen LogP) is 3.64. The van der Waals surface area contributed by atoms with E-state index in [-0.39, 0.29) is 17.9 Å². The number of aromatic nitrogens is 2. The number of rotatable bonds is 1. The van der Waals surface area contributed by atoms with Crippen LogP contribution in [0.15, 0.2) is 0 Å². The Morgan fingerprint density at radius 3 is 2.39 bits per heavy atom. The molecule has 0 amide bonds. The van der Waals surface area contributed by atoms with E-state index in [2.05, 4.69) is 9.97 Å². The quantitative estimate of drug-likeness (QED) is 0.744. The standard InChI is InChI=1S/C10H7Cl2F3N2O/c11-6-7(4-1-2-5(18)3-4)16-9(12)17-8(6)10(13,14)15/h4H,1-3H2/t4-/m1/s1. The molecule has 1 fully saturated rings. The van der Waals surface area contributed by atoms with Crippen molar-refractivity contribution in [3.63, 3.8) is 0 Å². The number of ketones is 1. The van der Waals surface area contributed by atoms with Gasteiger partial charge in [0.05, 0.1) is 10.7 Å². The molecule has 0 bridgehead atoms. The minimum absolute atomic E-state index is 0.00911. The lowest BCUT2D eigenvalue weighted by atomic mass is 10.0. The molecule has 0 saturated heterocycles. The smallest absolute Gasteiger partial charge is 0.300 e. The first-order valence-corrected chi connectivity index (χ1v) is 5.86. The van der Waals surface area contributed by atoms with Gasteiger partial charge in [0.25, 0.3) is 0 Å². The second kappa shape index (κ2) is 4.66. The maximum Gasteiger partial charge on any atom is 0.435 e. The van der Waals surface area contributed by atoms with E-state index in [1.54, 1.807) is 0 Å². The fourth-order valence-electron chi connectivity index (χ4n) is 1.94. The highest BCUT2D eigenvalue weighted by atomic mass is 35.5. The number of Topliss-reactive ketones (excluding diaryl/α,β-unsaturated/α-hetero) is 1. The molecule has 3 nitrogen and oxygen atoms in total. The molecule has 1 aromatic rings. The van der Waals surface area contributed by atoms with Gasteiger partial charge in [0.1, 0.15) is 5.78 Å². The summed E-state index contributed by atoms with van der Waals surface area (Å²) in [7, 11) is 0. The first-order valence-electron chi connectivity index (χ1n) is 5.11. The molecule has 0 unspecified atom stereocenters. The van der Waals surface area contributed by atoms with Crippen LogP contribution in [0.2, 0.25) is 10.3 Å². The summed E-state index contributed by atoms with van der Waals surface area (Å²) in [4.78, 5) is 18.0. The van der Waals surface area contributed by atoms with Gasteiger partial charge in [0.2, 0.25) is 5.28 Å². The van der Waals surface area contributed by atoms with E-state index >= 15 is 0 Å². The predicted molar refractivity (Wildman–Crippen MR) is 58.7 cm³/mol. The van der Waals surface area contributed by atoms with Crippen molar-refractivity contribution < 1.29 is 18.0 Å². The van der Waals surface area contributed by atoms with Crippen molar-refractivity contribution in [3.05, 3.63) is 21.7 Å². The average Bonchev–Trinajstić information content (AvgIpc) is 2.66. The minimum Gasteiger partial charge on any atom is -0.300 e. The third kappa shape index (κ3) is 2.59. The molecule has 8 heteroatoms. The molecule has 2 rings (SSSR count). The van der Waals surface area contributed by atoms with Crippen molar-refractivity contribution in [1.82, 2.24) is 9.97 Å². The van der Waals surface area contributed by atoms with Crippen molar-refractivity contribution in [3.8, 4) is 0 Å². The fourth-order valence-corrected chi connectivity index (χ4v) is 2.46. The second-order valence-electron chi connectivity index (χ2n) is 4.02. The monoisotopic (exact) mass is 298 g/mol. The number of carbonyl (C=O) groups excluding carboxylic acids is 1. The van der Waals surface area contributed by atoms with Crippen LogP contribution in [0.4, 0.5) is 13.2 Å². The van der Waals surface area contributed by atoms with Crippen LogP contribution in [-0.2, 0) is 11.0 Å². The average molecular weight is 299 g/mol. The van der Waals surface area contributed by atoms with Crippen molar-refractivity contribution in [1.29, 1.82) is 0 Å². The Hall–Kier alpha value is -0.880. The van der Waals surface area contributed by atoms with Gasteiger partial charge in [-0.05, 0) is 18.0 Å². The molecule has 98 valence electrons. The summed E-state index contributed by atoms with van der Waals surface area (Å²) in [6.07, 6.45) is -3.79. The lowest BCUT2D eigenvalue weighted by Gasteiger charge is -2.14. The van der Waals surface area contributed by atoms with Gasteiger partial charge in [-0.25, -0.2) is 9.97 Å². The Morgan fingerprint density at radius 2 is 1.89 bits per heavy atom. The molecule has 0 N–H and O–H groups in total. The molecular formula is C10H7Cl2F3N2O. The highest BCUT2D eigenvalue weighted by molar-refractivity contribution is 6.32. The topological polar surface area (TPSA) is 42.9 Å². The van der Waals surface area contributed by atoms with Gasteiger partial charge in [0, 0.05) is 18.8 Å². The molecule has 1 atom stereocenters. The molecule has 0 radical (unpaired) electrons. The van der Waals surface area contributed by atoms with Gasteiger partial charge in [-0.2, -0.15) is 13.2 Å². The Balaban J connectivity index is 2.48. The number of nitrogens with zero attached hydrogens (tertiary/aromatic N) is 2. The zero-order chi connectivity index (χ0) is 13.5. The lowest BCUT2D eigenvalue weighted by molar-refractivity contribution is -0.141. The van der Waals surface area contributed by atoms with Crippen LogP contribution in [0.5, 0.6) is 0 Å². The van der Waals surface area contributed by atoms with E-state index in [0.29, 0.717) is 12.8 Å². The first kappa shape index (κ1) is 13.5. The molecule has 0 aromatic carbocycles. The Kier molecular flexibility index (Phi) is 3.51. The van der Waals surface area contributed by atoms with Crippen LogP contribution in [0, 0.1) is 0 Å². The molecular weight excluding hydrogens is 292 g/mol. The third-order valence-corrected chi connectivity index (χ3v) is 3.29. The summed E-state index contributed by atoms with van der Waals surface area (Å²) in [6.45, 7) is 0. The molecule has 1 aliphatic carbocycles. The zero-order valence-corrected chi connectivity index (χ0v) is 10.4. The highest BCUT2D eigenvalue weighted by Crippen LogP contribution is 2.40. The van der Waals surface area contributed by atoms with Crippen molar-refractivity contribution in [2.45, 2.75) is 31.4 Å². The van der Waals surface area contributed by atoms with Crippen LogP contribution < -0.4 is 0 Å². The number of hydrogen-bond acceptors (Lipinski definition) is 3. The van der Waals surface area contributed by atoms with Crippen LogP contribution in [0.3, 0.4) is 0 Å². The molecule has 0 spiro atoms. The molecule has 1 saturated carbocycles. The van der Waals surface area contributed by atoms with Crippen molar-refractivity contribution in [2.24, 2.45) is 0 Å². The third-order valence-electron chi connectivity index (χ3n) is 2.75. The molecule has 1 aromatic heterocycles. The number of hydrogen-bond donors (Lipinski definition) is 0. The van der Waals surface area contributed by atoms with Gasteiger partial charge >= 0.3 is 6.18 Å². The Labute approximate surface area is 110 Å². The number of carbonyl (C=O) groups is 1. The molecule has 1 heterocycles. The summed E-state index contributed by atoms with van der Waals surface area (Å²) in [5.41, 5.74) is -1.24. The maximum atomic E-state index is 12.7. The minimum atomic E-state index is -4.69. The molecule has 18 heavy (non-hydrogen) atoms. The van der Waals surface area contributed by atoms with E-state index in [4.69, 9.17) is 23.2 Å². The SMILES string of the molecule is O=C1CC[C@@H](c2nc(Cl)nc(C(F)(F)F)c2Cl)C1. The highest BCUT2D eigenvalue weighted by Gasteiger charge is 2.39. The lowest BCUT2D eigenvalue weighted by Crippen LogP contribution is -2.13. The van der Waals surface area contributed by atoms with Crippen LogP contribution in [-0.4, -0.2) is 15.8 Å². The van der Waals surface area contributed by atoms with E-state index in [0.717, 1.165) is 0 Å². The zero-order valence-electron chi connectivity index (χ0n) is 8.89. The summed E-state index contributed by atoms with van der Waals surface area (Å²) in [5.74, 6) is -0.425. The summed E-state index contributed by atoms with van der Waals surface area (Å²) < 4.78 is 38.0. The molecule has 0 aliphatic heterocycles. The Morgan fingerprint density at radius 1 is 1.22 bits per heavy atom. The van der Waals surface area contributed by atoms with Gasteiger partial charge < -0.3 is 0 Å². The summed E-state index contributed by atoms with van der Waals surface area (Å²) in [6, 6.07) is 0. The first-order chi connectivity index (χ1) is 8.29. The normalized spacial score (nSPS) is 20.5. The van der Waals surface area contributed by atoms with E-state index in [1.165, 1.54) is 0 Å². The summed E-state index contributed by atoms with van der Waals surface area (Å²) in [5, 5.41) is -1.08. The largest absolute Gasteiger partial charge is 0.435 e. The maximum absolute atomic E-state index is 12.7. The Bertz CT molecular complexity index is 505. The van der Waals surface area contributed by atoms with Gasteiger partial charge in [-0.3, -0.25) is 4.79 Å². The van der Waals surface area contributed by atoms with E-state index in [1.807, 2.05) is 0 Å².